The van der Waals surface area contributed by atoms with Gasteiger partial charge in [-0.1, -0.05) is 0 Å². The third kappa shape index (κ3) is 2.30. The van der Waals surface area contributed by atoms with Gasteiger partial charge in [-0.15, -0.1) is 0 Å². The van der Waals surface area contributed by atoms with Gasteiger partial charge >= 0.3 is 5.97 Å². The third-order valence-electron chi connectivity index (χ3n) is 3.10. The van der Waals surface area contributed by atoms with Gasteiger partial charge in [-0.3, -0.25) is 4.79 Å². The fourth-order valence-electron chi connectivity index (χ4n) is 2.01. The molecule has 1 aliphatic heterocycles. The van der Waals surface area contributed by atoms with Crippen molar-refractivity contribution in [2.45, 2.75) is 19.4 Å². The van der Waals surface area contributed by atoms with Gasteiger partial charge in [0.15, 0.2) is 6.10 Å². The molecule has 0 aliphatic carbocycles. The number of benzene rings is 1. The normalized spacial score (nSPS) is 19.1. The van der Waals surface area contributed by atoms with Crippen LogP contribution in [0.3, 0.4) is 0 Å². The fourth-order valence-corrected chi connectivity index (χ4v) is 2.01. The van der Waals surface area contributed by atoms with E-state index in [1.807, 2.05) is 0 Å². The minimum atomic E-state index is -0.653. The van der Waals surface area contributed by atoms with Crippen molar-refractivity contribution >= 4 is 17.6 Å². The molecule has 1 aliphatic rings. The van der Waals surface area contributed by atoms with Crippen LogP contribution in [0.1, 0.15) is 22.3 Å². The summed E-state index contributed by atoms with van der Waals surface area (Å²) in [5.74, 6) is -0.613. The Hall–Kier alpha value is -2.04. The number of hydrogen-bond acceptors (Lipinski definition) is 4. The Morgan fingerprint density at radius 2 is 2.22 bits per heavy atom. The number of esters is 1. The average Bonchev–Trinajstić information content (AvgIpc) is 2.61. The number of nitrogens with two attached hydrogens (primary N) is 1. The lowest BCUT2D eigenvalue weighted by Crippen LogP contribution is -2.29. The molecule has 0 spiro atoms. The van der Waals surface area contributed by atoms with Crippen molar-refractivity contribution in [1.82, 2.24) is 4.90 Å². The molecule has 1 atom stereocenters. The van der Waals surface area contributed by atoms with E-state index >= 15 is 0 Å². The number of hydrogen-bond donors (Lipinski definition) is 1. The van der Waals surface area contributed by atoms with Crippen LogP contribution in [0.2, 0.25) is 0 Å². The number of nitrogens with zero attached hydrogens (tertiary/aromatic N) is 1. The Balaban J connectivity index is 2.11. The van der Waals surface area contributed by atoms with E-state index in [4.69, 9.17) is 10.5 Å². The van der Waals surface area contributed by atoms with Crippen molar-refractivity contribution in [2.24, 2.45) is 0 Å². The first-order valence-electron chi connectivity index (χ1n) is 5.81. The number of nitrogen functional groups attached to an aromatic ring is 1. The fraction of sp³-hybridized carbons (Fsp3) is 0.385. The van der Waals surface area contributed by atoms with E-state index < -0.39 is 12.1 Å². The molecule has 1 fully saturated rings. The van der Waals surface area contributed by atoms with Crippen LogP contribution >= 0.6 is 0 Å². The summed E-state index contributed by atoms with van der Waals surface area (Å²) >= 11 is 0. The molecule has 5 nitrogen and oxygen atoms in total. The zero-order valence-corrected chi connectivity index (χ0v) is 10.5. The maximum Gasteiger partial charge on any atom is 0.339 e. The standard InChI is InChI=1S/C13H16N2O3/c1-8-7-9(14)3-4-10(8)13(17)18-11-5-6-15(2)12(11)16/h3-4,7,11H,5-6,14H2,1-2H3. The number of amides is 1. The molecule has 1 unspecified atom stereocenters. The van der Waals surface area contributed by atoms with Gasteiger partial charge in [0, 0.05) is 25.7 Å². The number of aryl methyl sites for hydroxylation is 1. The van der Waals surface area contributed by atoms with Gasteiger partial charge in [0.1, 0.15) is 0 Å². The second-order valence-electron chi connectivity index (χ2n) is 4.52. The van der Waals surface area contributed by atoms with E-state index in [1.165, 1.54) is 0 Å². The molecule has 0 saturated carbocycles. The molecule has 0 aromatic heterocycles. The van der Waals surface area contributed by atoms with Crippen LogP contribution in [0.5, 0.6) is 0 Å². The predicted molar refractivity (Wildman–Crippen MR) is 67.0 cm³/mol. The van der Waals surface area contributed by atoms with Gasteiger partial charge in [0.05, 0.1) is 5.56 Å². The Morgan fingerprint density at radius 3 is 2.78 bits per heavy atom. The summed E-state index contributed by atoms with van der Waals surface area (Å²) in [6.07, 6.45) is -0.103. The van der Waals surface area contributed by atoms with Crippen molar-refractivity contribution in [3.05, 3.63) is 29.3 Å². The maximum atomic E-state index is 12.0. The van der Waals surface area contributed by atoms with Gasteiger partial charge in [-0.05, 0) is 30.7 Å². The molecular weight excluding hydrogens is 232 g/mol. The zero-order chi connectivity index (χ0) is 13.3. The molecule has 18 heavy (non-hydrogen) atoms. The van der Waals surface area contributed by atoms with E-state index in [2.05, 4.69) is 0 Å². The van der Waals surface area contributed by atoms with Gasteiger partial charge < -0.3 is 15.4 Å². The van der Waals surface area contributed by atoms with Crippen molar-refractivity contribution in [3.63, 3.8) is 0 Å². The van der Waals surface area contributed by atoms with Crippen LogP contribution in [0.4, 0.5) is 5.69 Å². The first-order valence-corrected chi connectivity index (χ1v) is 5.81. The number of likely N-dealkylation sites (N-methyl/N-ethyl adjacent to an activating group) is 1. The predicted octanol–water partition coefficient (Wildman–Crippen LogP) is 0.965. The molecule has 5 heteroatoms. The SMILES string of the molecule is Cc1cc(N)ccc1C(=O)OC1CCN(C)C1=O. The highest BCUT2D eigenvalue weighted by molar-refractivity contribution is 5.94. The highest BCUT2D eigenvalue weighted by Gasteiger charge is 2.32. The second kappa shape index (κ2) is 4.68. The lowest BCUT2D eigenvalue weighted by molar-refractivity contribution is -0.133. The topological polar surface area (TPSA) is 72.6 Å². The molecule has 0 bridgehead atoms. The van der Waals surface area contributed by atoms with E-state index in [0.29, 0.717) is 24.2 Å². The van der Waals surface area contributed by atoms with Crippen LogP contribution in [0.25, 0.3) is 0 Å². The van der Waals surface area contributed by atoms with Gasteiger partial charge in [-0.25, -0.2) is 4.79 Å². The molecule has 1 saturated heterocycles. The smallest absolute Gasteiger partial charge is 0.339 e. The Bertz CT molecular complexity index is 499. The monoisotopic (exact) mass is 248 g/mol. The number of ether oxygens (including phenoxy) is 1. The quantitative estimate of drug-likeness (QED) is 0.625. The molecule has 0 radical (unpaired) electrons. The van der Waals surface area contributed by atoms with Crippen LogP contribution in [0.15, 0.2) is 18.2 Å². The third-order valence-corrected chi connectivity index (χ3v) is 3.10. The highest BCUT2D eigenvalue weighted by atomic mass is 16.5. The summed E-state index contributed by atoms with van der Waals surface area (Å²) in [5.41, 5.74) is 7.42. The Morgan fingerprint density at radius 1 is 1.50 bits per heavy atom. The van der Waals surface area contributed by atoms with Crippen LogP contribution in [-0.4, -0.2) is 36.5 Å². The first-order chi connectivity index (χ1) is 8.49. The van der Waals surface area contributed by atoms with Crippen LogP contribution in [-0.2, 0) is 9.53 Å². The molecule has 1 aromatic carbocycles. The average molecular weight is 248 g/mol. The van der Waals surface area contributed by atoms with Gasteiger partial charge in [-0.2, -0.15) is 0 Å². The molecule has 1 aromatic rings. The van der Waals surface area contributed by atoms with Crippen molar-refractivity contribution in [2.75, 3.05) is 19.3 Å². The Kier molecular flexibility index (Phi) is 3.23. The van der Waals surface area contributed by atoms with Crippen molar-refractivity contribution in [3.8, 4) is 0 Å². The minimum absolute atomic E-state index is 0.142. The summed E-state index contributed by atoms with van der Waals surface area (Å²) in [6, 6.07) is 4.97. The summed E-state index contributed by atoms with van der Waals surface area (Å²) in [7, 11) is 1.70. The largest absolute Gasteiger partial charge is 0.449 e. The molecular formula is C13H16N2O3. The summed E-state index contributed by atoms with van der Waals surface area (Å²) in [4.78, 5) is 25.2. The van der Waals surface area contributed by atoms with E-state index in [9.17, 15) is 9.59 Å². The molecule has 2 N–H and O–H groups in total. The molecule has 1 heterocycles. The zero-order valence-electron chi connectivity index (χ0n) is 10.5. The lowest BCUT2D eigenvalue weighted by atomic mass is 10.1. The summed E-state index contributed by atoms with van der Waals surface area (Å²) in [5, 5.41) is 0. The highest BCUT2D eigenvalue weighted by Crippen LogP contribution is 2.18. The Labute approximate surface area is 106 Å². The number of carbonyl (C=O) groups is 2. The maximum absolute atomic E-state index is 12.0. The van der Waals surface area contributed by atoms with Crippen LogP contribution in [0, 0.1) is 6.92 Å². The molecule has 96 valence electrons. The van der Waals surface area contributed by atoms with Crippen molar-refractivity contribution < 1.29 is 14.3 Å². The minimum Gasteiger partial charge on any atom is -0.449 e. The van der Waals surface area contributed by atoms with E-state index in [0.717, 1.165) is 5.56 Å². The number of rotatable bonds is 2. The summed E-state index contributed by atoms with van der Waals surface area (Å²) in [6.45, 7) is 2.41. The van der Waals surface area contributed by atoms with Crippen molar-refractivity contribution in [1.29, 1.82) is 0 Å². The molecule has 2 rings (SSSR count). The second-order valence-corrected chi connectivity index (χ2v) is 4.52. The van der Waals surface area contributed by atoms with Gasteiger partial charge in [0.25, 0.3) is 5.91 Å². The summed E-state index contributed by atoms with van der Waals surface area (Å²) < 4.78 is 5.23. The number of likely N-dealkylation sites (tertiary alicyclic amines) is 1. The van der Waals surface area contributed by atoms with Gasteiger partial charge in [0.2, 0.25) is 0 Å². The number of carbonyl (C=O) groups excluding carboxylic acids is 2. The van der Waals surface area contributed by atoms with E-state index in [-0.39, 0.29) is 5.91 Å². The number of anilines is 1. The van der Waals surface area contributed by atoms with Crippen LogP contribution < -0.4 is 5.73 Å². The first kappa shape index (κ1) is 12.4. The van der Waals surface area contributed by atoms with E-state index in [1.54, 1.807) is 37.1 Å². The molecule has 1 amide bonds. The lowest BCUT2D eigenvalue weighted by Gasteiger charge is -2.12.